The number of fused-ring (bicyclic) bond motifs is 7. The summed E-state index contributed by atoms with van der Waals surface area (Å²) in [5, 5.41) is 24.6. The molecule has 6 aliphatic rings. The van der Waals surface area contributed by atoms with Crippen LogP contribution < -0.4 is 5.32 Å². The van der Waals surface area contributed by atoms with Gasteiger partial charge in [-0.3, -0.25) is 4.79 Å². The molecule has 4 nitrogen and oxygen atoms in total. The third kappa shape index (κ3) is 4.32. The van der Waals surface area contributed by atoms with E-state index in [0.29, 0.717) is 41.0 Å². The van der Waals surface area contributed by atoms with Gasteiger partial charge in [0.05, 0.1) is 17.1 Å². The van der Waals surface area contributed by atoms with Gasteiger partial charge in [0.15, 0.2) is 0 Å². The number of aliphatic hydroxyl groups excluding tert-OH is 1. The summed E-state index contributed by atoms with van der Waals surface area (Å²) < 4.78 is 0. The number of rotatable bonds is 4. The lowest BCUT2D eigenvalue weighted by Crippen LogP contribution is -2.63. The summed E-state index contributed by atoms with van der Waals surface area (Å²) >= 11 is 0. The lowest BCUT2D eigenvalue weighted by Gasteiger charge is -2.69. The van der Waals surface area contributed by atoms with Crippen LogP contribution in [-0.4, -0.2) is 34.4 Å². The van der Waals surface area contributed by atoms with E-state index in [0.717, 1.165) is 43.1 Å². The maximum atomic E-state index is 14.0. The molecule has 10 atom stereocenters. The van der Waals surface area contributed by atoms with Gasteiger partial charge >= 0.3 is 0 Å². The molecular formula is C36H55NO3. The van der Waals surface area contributed by atoms with Crippen molar-refractivity contribution >= 4 is 5.91 Å². The van der Waals surface area contributed by atoms with Gasteiger partial charge < -0.3 is 15.5 Å². The second kappa shape index (κ2) is 9.83. The van der Waals surface area contributed by atoms with Crippen LogP contribution in [0.3, 0.4) is 0 Å². The largest absolute Gasteiger partial charge is 0.393 e. The Morgan fingerprint density at radius 3 is 2.45 bits per heavy atom. The highest BCUT2D eigenvalue weighted by atomic mass is 16.3. The Morgan fingerprint density at radius 1 is 0.875 bits per heavy atom. The molecule has 5 saturated carbocycles. The summed E-state index contributed by atoms with van der Waals surface area (Å²) in [5.74, 6) is 3.63. The molecule has 40 heavy (non-hydrogen) atoms. The Morgan fingerprint density at radius 2 is 1.65 bits per heavy atom. The third-order valence-electron chi connectivity index (χ3n) is 14.0. The molecule has 222 valence electrons. The highest BCUT2D eigenvalue weighted by Crippen LogP contribution is 2.73. The fourth-order valence-electron chi connectivity index (χ4n) is 12.0. The van der Waals surface area contributed by atoms with Crippen LogP contribution in [0.2, 0.25) is 0 Å². The first-order chi connectivity index (χ1) is 18.8. The third-order valence-corrected chi connectivity index (χ3v) is 14.0. The highest BCUT2D eigenvalue weighted by Gasteiger charge is 2.67. The van der Waals surface area contributed by atoms with Crippen molar-refractivity contribution in [2.75, 3.05) is 6.54 Å². The fraction of sp³-hybridized carbons (Fsp3) is 0.806. The van der Waals surface area contributed by atoms with Gasteiger partial charge in [0.2, 0.25) is 5.91 Å². The summed E-state index contributed by atoms with van der Waals surface area (Å²) in [6.45, 7) is 12.4. The van der Waals surface area contributed by atoms with Gasteiger partial charge in [-0.25, -0.2) is 0 Å². The Hall–Kier alpha value is -1.39. The quantitative estimate of drug-likeness (QED) is 0.350. The van der Waals surface area contributed by atoms with Crippen molar-refractivity contribution in [1.29, 1.82) is 0 Å². The standard InChI is InChI=1S/C36H55NO3/c1-32(2)28-14-20-34(4)26-13-22-36(31(39)37-23-16-24-8-6-17-33(3,40)19-12-24)18-7-9-27(36)25(26)10-11-29(34)35(28,5)21-15-30(32)38/h6,8,12,17,19,25-30,38,40H,7,9-11,13-16,18,20-23H2,1-5H3,(H,37,39). The van der Waals surface area contributed by atoms with E-state index in [-0.39, 0.29) is 16.9 Å². The molecule has 0 spiro atoms. The second-order valence-electron chi connectivity index (χ2n) is 16.2. The molecule has 6 rings (SSSR count). The van der Waals surface area contributed by atoms with Gasteiger partial charge in [0.1, 0.15) is 0 Å². The van der Waals surface area contributed by atoms with E-state index >= 15 is 0 Å². The second-order valence-corrected chi connectivity index (χ2v) is 16.2. The molecule has 0 saturated heterocycles. The van der Waals surface area contributed by atoms with Gasteiger partial charge in [-0.1, -0.05) is 52.3 Å². The average Bonchev–Trinajstić information content (AvgIpc) is 3.27. The normalized spacial score (nSPS) is 49.1. The van der Waals surface area contributed by atoms with Gasteiger partial charge in [-0.2, -0.15) is 0 Å². The van der Waals surface area contributed by atoms with Crippen molar-refractivity contribution in [3.8, 4) is 0 Å². The molecule has 0 aromatic rings. The fourth-order valence-corrected chi connectivity index (χ4v) is 12.0. The number of hydrogen-bond donors (Lipinski definition) is 3. The van der Waals surface area contributed by atoms with E-state index in [1.54, 1.807) is 13.0 Å². The summed E-state index contributed by atoms with van der Waals surface area (Å²) in [5.41, 5.74) is 0.771. The van der Waals surface area contributed by atoms with Gasteiger partial charge in [0, 0.05) is 6.54 Å². The molecule has 6 aliphatic carbocycles. The first-order valence-electron chi connectivity index (χ1n) is 16.6. The zero-order valence-corrected chi connectivity index (χ0v) is 25.8. The Labute approximate surface area is 243 Å². The molecule has 0 aromatic heterocycles. The Bertz CT molecular complexity index is 1100. The van der Waals surface area contributed by atoms with Crippen molar-refractivity contribution in [1.82, 2.24) is 5.32 Å². The Kier molecular flexibility index (Phi) is 7.06. The number of allylic oxidation sites excluding steroid dienone is 3. The minimum Gasteiger partial charge on any atom is -0.393 e. The molecule has 10 unspecified atom stereocenters. The van der Waals surface area contributed by atoms with Crippen molar-refractivity contribution in [3.63, 3.8) is 0 Å². The molecule has 0 aromatic carbocycles. The maximum Gasteiger partial charge on any atom is 0.226 e. The minimum absolute atomic E-state index is 0.00702. The van der Waals surface area contributed by atoms with E-state index in [4.69, 9.17) is 0 Å². The van der Waals surface area contributed by atoms with E-state index in [2.05, 4.69) is 39.1 Å². The molecule has 0 bridgehead atoms. The summed E-state index contributed by atoms with van der Waals surface area (Å²) in [6, 6.07) is 0. The molecule has 1 amide bonds. The molecule has 4 heteroatoms. The molecule has 0 heterocycles. The molecule has 0 aliphatic heterocycles. The number of hydrogen-bond acceptors (Lipinski definition) is 3. The predicted octanol–water partition coefficient (Wildman–Crippen LogP) is 7.12. The smallest absolute Gasteiger partial charge is 0.226 e. The van der Waals surface area contributed by atoms with Crippen LogP contribution in [0.15, 0.2) is 36.0 Å². The number of nitrogens with one attached hydrogen (secondary N) is 1. The maximum absolute atomic E-state index is 14.0. The zero-order chi connectivity index (χ0) is 28.6. The van der Waals surface area contributed by atoms with E-state index in [9.17, 15) is 15.0 Å². The van der Waals surface area contributed by atoms with E-state index < -0.39 is 5.60 Å². The first kappa shape index (κ1) is 28.7. The van der Waals surface area contributed by atoms with Crippen LogP contribution in [0, 0.1) is 51.2 Å². The predicted molar refractivity (Wildman–Crippen MR) is 161 cm³/mol. The summed E-state index contributed by atoms with van der Waals surface area (Å²) in [7, 11) is 0. The van der Waals surface area contributed by atoms with Gasteiger partial charge in [0.25, 0.3) is 0 Å². The van der Waals surface area contributed by atoms with Crippen molar-refractivity contribution in [2.24, 2.45) is 51.2 Å². The lowest BCUT2D eigenvalue weighted by molar-refractivity contribution is -0.214. The van der Waals surface area contributed by atoms with Crippen LogP contribution in [0.4, 0.5) is 0 Å². The lowest BCUT2D eigenvalue weighted by atomic mass is 9.36. The van der Waals surface area contributed by atoms with Gasteiger partial charge in [-0.05, 0) is 141 Å². The summed E-state index contributed by atoms with van der Waals surface area (Å²) in [6.07, 6.45) is 23.3. The Balaban J connectivity index is 1.16. The molecule has 3 N–H and O–H groups in total. The van der Waals surface area contributed by atoms with Gasteiger partial charge in [-0.15, -0.1) is 0 Å². The van der Waals surface area contributed by atoms with E-state index in [1.165, 1.54) is 51.4 Å². The number of carbonyl (C=O) groups excluding carboxylic acids is 1. The number of amides is 1. The van der Waals surface area contributed by atoms with E-state index in [1.807, 2.05) is 18.2 Å². The zero-order valence-electron chi connectivity index (χ0n) is 25.8. The average molecular weight is 550 g/mol. The summed E-state index contributed by atoms with van der Waals surface area (Å²) in [4.78, 5) is 14.0. The van der Waals surface area contributed by atoms with Crippen LogP contribution in [0.25, 0.3) is 0 Å². The van der Waals surface area contributed by atoms with Crippen LogP contribution in [0.5, 0.6) is 0 Å². The van der Waals surface area contributed by atoms with Crippen LogP contribution in [-0.2, 0) is 4.79 Å². The monoisotopic (exact) mass is 549 g/mol. The number of aliphatic hydroxyl groups is 2. The number of carbonyl (C=O) groups is 1. The van der Waals surface area contributed by atoms with Crippen molar-refractivity contribution in [3.05, 3.63) is 36.0 Å². The minimum atomic E-state index is -0.906. The topological polar surface area (TPSA) is 69.6 Å². The molecule has 5 fully saturated rings. The van der Waals surface area contributed by atoms with Crippen LogP contribution in [0.1, 0.15) is 112 Å². The SMILES string of the molecule is CC1(O)C=CC=C(CCNC(=O)C23CCCC2C2CCC4C(C)(CCC5C(C)(C)C(O)CCC54C)C2CC3)C=C1. The van der Waals surface area contributed by atoms with Crippen molar-refractivity contribution < 1.29 is 15.0 Å². The molecule has 0 radical (unpaired) electrons. The first-order valence-corrected chi connectivity index (χ1v) is 16.6. The highest BCUT2D eigenvalue weighted by molar-refractivity contribution is 5.83. The molecular weight excluding hydrogens is 494 g/mol. The van der Waals surface area contributed by atoms with Crippen molar-refractivity contribution in [2.45, 2.75) is 123 Å². The van der Waals surface area contributed by atoms with Crippen LogP contribution >= 0.6 is 0 Å².